The summed E-state index contributed by atoms with van der Waals surface area (Å²) in [5.41, 5.74) is 6.17. The maximum atomic E-state index is 12.2. The third-order valence-electron chi connectivity index (χ3n) is 2.79. The number of sulfonamides is 2. The molecule has 1 aromatic carbocycles. The van der Waals surface area contributed by atoms with E-state index in [1.54, 1.807) is 6.92 Å². The standard InChI is InChI=1S/C11H18ClN3O4S2/c1-8-6-9(12)10(13)7-11(8)21(18,19)14-4-5-20(16,17)15(2)3/h6-7,14H,4-5,13H2,1-3H3. The van der Waals surface area contributed by atoms with Crippen LogP contribution in [-0.4, -0.2) is 47.5 Å². The summed E-state index contributed by atoms with van der Waals surface area (Å²) in [7, 11) is -4.55. The van der Waals surface area contributed by atoms with Gasteiger partial charge in [0.2, 0.25) is 20.0 Å². The SMILES string of the molecule is Cc1cc(Cl)c(N)cc1S(=O)(=O)NCCS(=O)(=O)N(C)C. The average Bonchev–Trinajstić information content (AvgIpc) is 2.32. The summed E-state index contributed by atoms with van der Waals surface area (Å²) in [6.07, 6.45) is 0. The third-order valence-corrected chi connectivity index (χ3v) is 6.56. The Hall–Kier alpha value is -0.870. The van der Waals surface area contributed by atoms with Crippen LogP contribution < -0.4 is 10.5 Å². The molecule has 0 spiro atoms. The van der Waals surface area contributed by atoms with Crippen LogP contribution >= 0.6 is 11.6 Å². The topological polar surface area (TPSA) is 110 Å². The van der Waals surface area contributed by atoms with Crippen LogP contribution in [0.1, 0.15) is 5.56 Å². The minimum atomic E-state index is -3.85. The molecule has 21 heavy (non-hydrogen) atoms. The normalized spacial score (nSPS) is 12.8. The molecule has 1 aromatic rings. The Labute approximate surface area is 130 Å². The van der Waals surface area contributed by atoms with E-state index in [0.717, 1.165) is 4.31 Å². The van der Waals surface area contributed by atoms with Crippen molar-refractivity contribution < 1.29 is 16.8 Å². The maximum Gasteiger partial charge on any atom is 0.240 e. The molecule has 0 aliphatic carbocycles. The molecule has 0 aromatic heterocycles. The first-order valence-electron chi connectivity index (χ1n) is 5.93. The highest BCUT2D eigenvalue weighted by Crippen LogP contribution is 2.25. The second-order valence-electron chi connectivity index (χ2n) is 4.64. The zero-order valence-corrected chi connectivity index (χ0v) is 14.3. The fourth-order valence-electron chi connectivity index (χ4n) is 1.52. The van der Waals surface area contributed by atoms with E-state index >= 15 is 0 Å². The van der Waals surface area contributed by atoms with Crippen molar-refractivity contribution in [3.05, 3.63) is 22.7 Å². The Bertz CT molecular complexity index is 730. The molecule has 0 radical (unpaired) electrons. The molecule has 0 aliphatic rings. The summed E-state index contributed by atoms with van der Waals surface area (Å²) in [4.78, 5) is -0.0216. The highest BCUT2D eigenvalue weighted by molar-refractivity contribution is 7.90. The molecule has 0 aliphatic heterocycles. The van der Waals surface area contributed by atoms with Crippen molar-refractivity contribution in [2.45, 2.75) is 11.8 Å². The number of anilines is 1. The van der Waals surface area contributed by atoms with Gasteiger partial charge in [-0.25, -0.2) is 25.9 Å². The first-order chi connectivity index (χ1) is 9.47. The number of nitrogen functional groups attached to an aromatic ring is 1. The summed E-state index contributed by atoms with van der Waals surface area (Å²) in [6.45, 7) is 1.35. The predicted octanol–water partition coefficient (Wildman–Crippen LogP) is 0.400. The van der Waals surface area contributed by atoms with Gasteiger partial charge in [0.1, 0.15) is 0 Å². The highest BCUT2D eigenvalue weighted by Gasteiger charge is 2.20. The number of rotatable bonds is 6. The molecule has 1 rings (SSSR count). The van der Waals surface area contributed by atoms with Crippen LogP contribution in [0.3, 0.4) is 0 Å². The van der Waals surface area contributed by atoms with Crippen molar-refractivity contribution >= 4 is 37.3 Å². The molecule has 3 N–H and O–H groups in total. The lowest BCUT2D eigenvalue weighted by molar-refractivity contribution is 0.519. The summed E-state index contributed by atoms with van der Waals surface area (Å²) in [5.74, 6) is -0.332. The molecular formula is C11H18ClN3O4S2. The molecule has 0 fully saturated rings. The number of hydrogen-bond acceptors (Lipinski definition) is 5. The summed E-state index contributed by atoms with van der Waals surface area (Å²) >= 11 is 5.81. The van der Waals surface area contributed by atoms with Gasteiger partial charge >= 0.3 is 0 Å². The Kier molecular flexibility index (Phi) is 5.62. The summed E-state index contributed by atoms with van der Waals surface area (Å²) < 4.78 is 50.7. The van der Waals surface area contributed by atoms with Gasteiger partial charge < -0.3 is 5.73 Å². The number of halogens is 1. The molecule has 0 atom stereocenters. The van der Waals surface area contributed by atoms with Crippen molar-refractivity contribution in [2.24, 2.45) is 0 Å². The molecule has 0 unspecified atom stereocenters. The third kappa shape index (κ3) is 4.55. The Morgan fingerprint density at radius 1 is 1.24 bits per heavy atom. The molecule has 120 valence electrons. The van der Waals surface area contributed by atoms with Gasteiger partial charge in [0.05, 0.1) is 21.4 Å². The highest BCUT2D eigenvalue weighted by atomic mass is 35.5. The van der Waals surface area contributed by atoms with Crippen molar-refractivity contribution in [1.29, 1.82) is 0 Å². The first kappa shape index (κ1) is 18.2. The Balaban J connectivity index is 2.92. The second-order valence-corrected chi connectivity index (χ2v) is 9.08. The molecule has 10 heteroatoms. The van der Waals surface area contributed by atoms with Crippen LogP contribution in [0.4, 0.5) is 5.69 Å². The zero-order chi connectivity index (χ0) is 16.4. The number of aryl methyl sites for hydroxylation is 1. The van der Waals surface area contributed by atoms with Gasteiger partial charge in [-0.2, -0.15) is 0 Å². The van der Waals surface area contributed by atoms with Gasteiger partial charge in [0.25, 0.3) is 0 Å². The van der Waals surface area contributed by atoms with Crippen LogP contribution in [0.15, 0.2) is 17.0 Å². The molecule has 0 bridgehead atoms. The molecule has 7 nitrogen and oxygen atoms in total. The van der Waals surface area contributed by atoms with E-state index in [9.17, 15) is 16.8 Å². The largest absolute Gasteiger partial charge is 0.397 e. The van der Waals surface area contributed by atoms with Gasteiger partial charge in [0, 0.05) is 20.6 Å². The van der Waals surface area contributed by atoms with Gasteiger partial charge in [0.15, 0.2) is 0 Å². The van der Waals surface area contributed by atoms with Gasteiger partial charge in [-0.3, -0.25) is 0 Å². The number of nitrogens with zero attached hydrogens (tertiary/aromatic N) is 1. The van der Waals surface area contributed by atoms with Crippen molar-refractivity contribution in [1.82, 2.24) is 9.03 Å². The monoisotopic (exact) mass is 355 g/mol. The van der Waals surface area contributed by atoms with Crippen LogP contribution in [0, 0.1) is 6.92 Å². The van der Waals surface area contributed by atoms with Gasteiger partial charge in [-0.05, 0) is 24.6 Å². The van der Waals surface area contributed by atoms with Crippen LogP contribution in [0.5, 0.6) is 0 Å². The van der Waals surface area contributed by atoms with Crippen LogP contribution in [-0.2, 0) is 20.0 Å². The molecule has 0 saturated carbocycles. The lowest BCUT2D eigenvalue weighted by Crippen LogP contribution is -2.34. The summed E-state index contributed by atoms with van der Waals surface area (Å²) in [6, 6.07) is 2.70. The number of nitrogens with two attached hydrogens (primary N) is 1. The molecule has 0 heterocycles. The van der Waals surface area contributed by atoms with Crippen LogP contribution in [0.25, 0.3) is 0 Å². The van der Waals surface area contributed by atoms with E-state index in [-0.39, 0.29) is 27.9 Å². The van der Waals surface area contributed by atoms with Crippen LogP contribution in [0.2, 0.25) is 5.02 Å². The molecule has 0 amide bonds. The Morgan fingerprint density at radius 2 is 1.81 bits per heavy atom. The minimum absolute atomic E-state index is 0.0216. The zero-order valence-electron chi connectivity index (χ0n) is 11.9. The summed E-state index contributed by atoms with van der Waals surface area (Å²) in [5, 5.41) is 0.265. The first-order valence-corrected chi connectivity index (χ1v) is 9.40. The lowest BCUT2D eigenvalue weighted by Gasteiger charge is -2.13. The van der Waals surface area contributed by atoms with Crippen molar-refractivity contribution in [3.63, 3.8) is 0 Å². The lowest BCUT2D eigenvalue weighted by atomic mass is 10.2. The van der Waals surface area contributed by atoms with Crippen molar-refractivity contribution in [2.75, 3.05) is 32.1 Å². The Morgan fingerprint density at radius 3 is 2.33 bits per heavy atom. The van der Waals surface area contributed by atoms with E-state index < -0.39 is 20.0 Å². The quantitative estimate of drug-likeness (QED) is 0.718. The van der Waals surface area contributed by atoms with E-state index in [1.807, 2.05) is 0 Å². The number of hydrogen-bond donors (Lipinski definition) is 2. The van der Waals surface area contributed by atoms with Gasteiger partial charge in [-0.15, -0.1) is 0 Å². The number of nitrogens with one attached hydrogen (secondary N) is 1. The fourth-order valence-corrected chi connectivity index (χ4v) is 3.89. The van der Waals surface area contributed by atoms with E-state index in [2.05, 4.69) is 4.72 Å². The smallest absolute Gasteiger partial charge is 0.240 e. The average molecular weight is 356 g/mol. The maximum absolute atomic E-state index is 12.2. The van der Waals surface area contributed by atoms with E-state index in [4.69, 9.17) is 17.3 Å². The minimum Gasteiger partial charge on any atom is -0.397 e. The molecular weight excluding hydrogens is 338 g/mol. The predicted molar refractivity (Wildman–Crippen MR) is 83.3 cm³/mol. The van der Waals surface area contributed by atoms with E-state index in [0.29, 0.717) is 5.56 Å². The van der Waals surface area contributed by atoms with Crippen molar-refractivity contribution in [3.8, 4) is 0 Å². The fraction of sp³-hybridized carbons (Fsp3) is 0.455. The van der Waals surface area contributed by atoms with Gasteiger partial charge in [-0.1, -0.05) is 11.6 Å². The van der Waals surface area contributed by atoms with E-state index in [1.165, 1.54) is 26.2 Å². The second kappa shape index (κ2) is 6.49. The number of benzene rings is 1. The molecule has 0 saturated heterocycles.